The molecule has 0 radical (unpaired) electrons. The van der Waals surface area contributed by atoms with Crippen molar-refractivity contribution in [1.29, 1.82) is 0 Å². The molecule has 3 aromatic rings. The number of hydrogen-bond acceptors (Lipinski definition) is 5. The van der Waals surface area contributed by atoms with Crippen molar-refractivity contribution in [2.75, 3.05) is 26.2 Å². The average Bonchev–Trinajstić information content (AvgIpc) is 3.54. The fraction of sp³-hybridized carbons (Fsp3) is 0.333. The van der Waals surface area contributed by atoms with E-state index in [1.54, 1.807) is 12.1 Å². The van der Waals surface area contributed by atoms with Crippen molar-refractivity contribution < 1.29 is 14.0 Å². The first kappa shape index (κ1) is 19.5. The number of carbonyl (C=O) groups excluding carboxylic acids is 2. The molecule has 2 aromatic carbocycles. The Kier molecular flexibility index (Phi) is 5.02. The SMILES string of the molecule is Cc1cccc(-c2nnc(-c3ccc(C(=O)N4CCN(C(=O)C5CC5)CC4)cc3)o2)c1. The first-order valence-corrected chi connectivity index (χ1v) is 10.7. The normalized spacial score (nSPS) is 16.4. The van der Waals surface area contributed by atoms with E-state index < -0.39 is 0 Å². The highest BCUT2D eigenvalue weighted by Gasteiger charge is 2.35. The smallest absolute Gasteiger partial charge is 0.253 e. The summed E-state index contributed by atoms with van der Waals surface area (Å²) in [5.74, 6) is 1.35. The van der Waals surface area contributed by atoms with Crippen LogP contribution < -0.4 is 0 Å². The maximum atomic E-state index is 12.9. The van der Waals surface area contributed by atoms with Crippen LogP contribution in [0.15, 0.2) is 52.9 Å². The number of benzene rings is 2. The molecule has 0 unspecified atom stereocenters. The fourth-order valence-electron chi connectivity index (χ4n) is 3.89. The van der Waals surface area contributed by atoms with E-state index in [0.29, 0.717) is 43.5 Å². The zero-order valence-electron chi connectivity index (χ0n) is 17.5. The molecule has 1 aliphatic heterocycles. The zero-order chi connectivity index (χ0) is 21.4. The minimum atomic E-state index is -0.0175. The molecule has 5 rings (SSSR count). The van der Waals surface area contributed by atoms with Crippen LogP contribution in [0.25, 0.3) is 22.9 Å². The summed E-state index contributed by atoms with van der Waals surface area (Å²) in [6, 6.07) is 15.1. The van der Waals surface area contributed by atoms with Crippen LogP contribution >= 0.6 is 0 Å². The lowest BCUT2D eigenvalue weighted by molar-refractivity contribution is -0.134. The van der Waals surface area contributed by atoms with Gasteiger partial charge in [-0.3, -0.25) is 9.59 Å². The van der Waals surface area contributed by atoms with Crippen LogP contribution in [-0.2, 0) is 4.79 Å². The fourth-order valence-corrected chi connectivity index (χ4v) is 3.89. The molecule has 2 amide bonds. The highest BCUT2D eigenvalue weighted by Crippen LogP contribution is 2.31. The highest BCUT2D eigenvalue weighted by atomic mass is 16.4. The molecule has 1 saturated heterocycles. The second kappa shape index (κ2) is 7.98. The van der Waals surface area contributed by atoms with Gasteiger partial charge in [-0.25, -0.2) is 0 Å². The summed E-state index contributed by atoms with van der Waals surface area (Å²) in [4.78, 5) is 28.8. The van der Waals surface area contributed by atoms with Crippen molar-refractivity contribution in [3.63, 3.8) is 0 Å². The second-order valence-corrected chi connectivity index (χ2v) is 8.25. The maximum absolute atomic E-state index is 12.9. The quantitative estimate of drug-likeness (QED) is 0.651. The molecule has 0 N–H and O–H groups in total. The van der Waals surface area contributed by atoms with E-state index in [1.807, 2.05) is 53.1 Å². The van der Waals surface area contributed by atoms with Gasteiger partial charge in [-0.15, -0.1) is 10.2 Å². The van der Waals surface area contributed by atoms with Gasteiger partial charge in [0.05, 0.1) is 0 Å². The van der Waals surface area contributed by atoms with Crippen LogP contribution in [-0.4, -0.2) is 58.0 Å². The van der Waals surface area contributed by atoms with Crippen LogP contribution in [0.3, 0.4) is 0 Å². The third-order valence-electron chi connectivity index (χ3n) is 5.87. The van der Waals surface area contributed by atoms with Gasteiger partial charge in [-0.1, -0.05) is 17.7 Å². The topological polar surface area (TPSA) is 79.5 Å². The van der Waals surface area contributed by atoms with Gasteiger partial charge in [0, 0.05) is 48.8 Å². The van der Waals surface area contributed by atoms with Crippen LogP contribution in [0.5, 0.6) is 0 Å². The van der Waals surface area contributed by atoms with Crippen LogP contribution in [0.2, 0.25) is 0 Å². The summed E-state index contributed by atoms with van der Waals surface area (Å²) in [7, 11) is 0. The van der Waals surface area contributed by atoms with Gasteiger partial charge < -0.3 is 14.2 Å². The Labute approximate surface area is 180 Å². The Morgan fingerprint density at radius 3 is 2.16 bits per heavy atom. The number of carbonyl (C=O) groups is 2. The number of aromatic nitrogens is 2. The first-order valence-electron chi connectivity index (χ1n) is 10.7. The standard InChI is InChI=1S/C24H24N4O3/c1-16-3-2-4-20(15-16)22-26-25-21(31-22)17-5-7-18(8-6-17)23(29)27-11-13-28(14-12-27)24(30)19-9-10-19/h2-8,15,19H,9-14H2,1H3. The highest BCUT2D eigenvalue weighted by molar-refractivity contribution is 5.95. The third kappa shape index (κ3) is 4.08. The van der Waals surface area contributed by atoms with Crippen molar-refractivity contribution >= 4 is 11.8 Å². The van der Waals surface area contributed by atoms with Crippen molar-refractivity contribution in [3.8, 4) is 22.9 Å². The minimum absolute atomic E-state index is 0.0175. The molecule has 2 fully saturated rings. The lowest BCUT2D eigenvalue weighted by atomic mass is 10.1. The summed E-state index contributed by atoms with van der Waals surface area (Å²) in [6.07, 6.45) is 2.02. The first-order chi connectivity index (χ1) is 15.1. The summed E-state index contributed by atoms with van der Waals surface area (Å²) in [5, 5.41) is 8.30. The van der Waals surface area contributed by atoms with Gasteiger partial charge in [-0.2, -0.15) is 0 Å². The van der Waals surface area contributed by atoms with Crippen LogP contribution in [0.4, 0.5) is 0 Å². The molecule has 158 valence electrons. The van der Waals surface area contributed by atoms with E-state index in [2.05, 4.69) is 10.2 Å². The Morgan fingerprint density at radius 2 is 1.52 bits per heavy atom. The van der Waals surface area contributed by atoms with E-state index >= 15 is 0 Å². The summed E-state index contributed by atoms with van der Waals surface area (Å²) >= 11 is 0. The van der Waals surface area contributed by atoms with Gasteiger partial charge in [-0.05, 0) is 56.2 Å². The maximum Gasteiger partial charge on any atom is 0.253 e. The van der Waals surface area contributed by atoms with Gasteiger partial charge in [0.2, 0.25) is 17.7 Å². The van der Waals surface area contributed by atoms with Gasteiger partial charge in [0.15, 0.2) is 0 Å². The Balaban J connectivity index is 1.24. The number of rotatable bonds is 4. The molecule has 1 aromatic heterocycles. The molecule has 1 aliphatic carbocycles. The number of amides is 2. The van der Waals surface area contributed by atoms with Crippen molar-refractivity contribution in [2.24, 2.45) is 5.92 Å². The van der Waals surface area contributed by atoms with E-state index in [1.165, 1.54) is 0 Å². The molecular weight excluding hydrogens is 392 g/mol. The van der Waals surface area contributed by atoms with Crippen molar-refractivity contribution in [1.82, 2.24) is 20.0 Å². The molecule has 0 atom stereocenters. The van der Waals surface area contributed by atoms with Gasteiger partial charge in [0.25, 0.3) is 5.91 Å². The van der Waals surface area contributed by atoms with Gasteiger partial charge >= 0.3 is 0 Å². The summed E-state index contributed by atoms with van der Waals surface area (Å²) in [5.41, 5.74) is 3.38. The van der Waals surface area contributed by atoms with E-state index in [4.69, 9.17) is 4.42 Å². The molecule has 2 heterocycles. The van der Waals surface area contributed by atoms with Crippen LogP contribution in [0.1, 0.15) is 28.8 Å². The molecule has 7 heteroatoms. The summed E-state index contributed by atoms with van der Waals surface area (Å²) < 4.78 is 5.83. The number of aryl methyl sites for hydroxylation is 1. The summed E-state index contributed by atoms with van der Waals surface area (Å²) in [6.45, 7) is 4.39. The largest absolute Gasteiger partial charge is 0.416 e. The number of nitrogens with zero attached hydrogens (tertiary/aromatic N) is 4. The third-order valence-corrected chi connectivity index (χ3v) is 5.87. The molecule has 0 bridgehead atoms. The van der Waals surface area contributed by atoms with E-state index in [-0.39, 0.29) is 17.7 Å². The molecule has 1 saturated carbocycles. The molecule has 2 aliphatic rings. The minimum Gasteiger partial charge on any atom is -0.416 e. The Bertz CT molecular complexity index is 1110. The van der Waals surface area contributed by atoms with E-state index in [9.17, 15) is 9.59 Å². The number of piperazine rings is 1. The monoisotopic (exact) mass is 416 g/mol. The Morgan fingerprint density at radius 1 is 0.871 bits per heavy atom. The second-order valence-electron chi connectivity index (χ2n) is 8.25. The molecule has 31 heavy (non-hydrogen) atoms. The predicted molar refractivity (Wildman–Crippen MR) is 115 cm³/mol. The van der Waals surface area contributed by atoms with E-state index in [0.717, 1.165) is 29.5 Å². The van der Waals surface area contributed by atoms with Crippen LogP contribution in [0, 0.1) is 12.8 Å². The Hall–Kier alpha value is -3.48. The lowest BCUT2D eigenvalue weighted by Crippen LogP contribution is -2.51. The van der Waals surface area contributed by atoms with Crippen molar-refractivity contribution in [2.45, 2.75) is 19.8 Å². The molecule has 0 spiro atoms. The number of hydrogen-bond donors (Lipinski definition) is 0. The molecule has 7 nitrogen and oxygen atoms in total. The van der Waals surface area contributed by atoms with Gasteiger partial charge in [0.1, 0.15) is 0 Å². The lowest BCUT2D eigenvalue weighted by Gasteiger charge is -2.35. The molecular formula is C24H24N4O3. The predicted octanol–water partition coefficient (Wildman–Crippen LogP) is 3.41. The zero-order valence-corrected chi connectivity index (χ0v) is 17.5. The van der Waals surface area contributed by atoms with Crippen molar-refractivity contribution in [3.05, 3.63) is 59.7 Å². The average molecular weight is 416 g/mol.